The molecule has 262 valence electrons. The molecule has 0 aromatic rings. The molecule has 1 saturated heterocycles. The smallest absolute Gasteiger partial charge is 0.315 e. The number of unbranched alkanes of at least 4 members (excludes halogenated alkanes) is 1. The second-order valence-electron chi connectivity index (χ2n) is 13.9. The molecule has 1 heterocycles. The van der Waals surface area contributed by atoms with Crippen LogP contribution < -0.4 is 21.3 Å². The van der Waals surface area contributed by atoms with Gasteiger partial charge in [0.2, 0.25) is 17.6 Å². The minimum Gasteiger partial charge on any atom is -0.346 e. The van der Waals surface area contributed by atoms with Crippen molar-refractivity contribution in [1.29, 1.82) is 0 Å². The van der Waals surface area contributed by atoms with Gasteiger partial charge in [0, 0.05) is 13.1 Å². The molecule has 2 aliphatic rings. The Hall–Kier alpha value is -2.96. The summed E-state index contributed by atoms with van der Waals surface area (Å²) in [6.45, 7) is 14.6. The fourth-order valence-corrected chi connectivity index (χ4v) is 8.95. The van der Waals surface area contributed by atoms with E-state index in [0.717, 1.165) is 25.7 Å². The van der Waals surface area contributed by atoms with Crippen molar-refractivity contribution in [2.24, 2.45) is 5.41 Å². The van der Waals surface area contributed by atoms with Crippen molar-refractivity contribution in [3.63, 3.8) is 0 Å². The van der Waals surface area contributed by atoms with Gasteiger partial charge in [-0.2, -0.15) is 0 Å². The lowest BCUT2D eigenvalue weighted by Gasteiger charge is -2.43. The Kier molecular flexibility index (Phi) is 14.7. The number of amides is 5. The molecule has 4 N–H and O–H groups in total. The molecule has 1 aliphatic heterocycles. The molecule has 1 aliphatic carbocycles. The van der Waals surface area contributed by atoms with Gasteiger partial charge in [-0.25, -0.2) is 13.2 Å². The third-order valence-electron chi connectivity index (χ3n) is 9.15. The van der Waals surface area contributed by atoms with Gasteiger partial charge in [0.1, 0.15) is 12.1 Å². The molecule has 1 saturated carbocycles. The van der Waals surface area contributed by atoms with E-state index in [2.05, 4.69) is 27.8 Å². The van der Waals surface area contributed by atoms with Crippen LogP contribution in [0.2, 0.25) is 0 Å². The Morgan fingerprint density at radius 2 is 1.65 bits per heavy atom. The van der Waals surface area contributed by atoms with Crippen LogP contribution in [0.3, 0.4) is 0 Å². The lowest BCUT2D eigenvalue weighted by molar-refractivity contribution is -0.145. The van der Waals surface area contributed by atoms with Crippen LogP contribution in [0.1, 0.15) is 112 Å². The number of nitrogens with zero attached hydrogens (tertiary/aromatic N) is 1. The van der Waals surface area contributed by atoms with Gasteiger partial charge in [-0.15, -0.1) is 6.58 Å². The number of carbonyl (C=O) groups is 5. The highest BCUT2D eigenvalue weighted by molar-refractivity contribution is 7.92. The molecule has 0 bridgehead atoms. The van der Waals surface area contributed by atoms with Crippen molar-refractivity contribution in [2.75, 3.05) is 18.8 Å². The van der Waals surface area contributed by atoms with Gasteiger partial charge in [-0.3, -0.25) is 19.2 Å². The molecule has 0 unspecified atom stereocenters. The number of carbonyl (C=O) groups excluding carboxylic acids is 5. The zero-order valence-electron chi connectivity index (χ0n) is 28.7. The number of hydrogen-bond acceptors (Lipinski definition) is 7. The van der Waals surface area contributed by atoms with Crippen LogP contribution in [0.5, 0.6) is 0 Å². The third kappa shape index (κ3) is 10.3. The highest BCUT2D eigenvalue weighted by Gasteiger charge is 2.50. The minimum atomic E-state index is -3.35. The molecule has 12 nitrogen and oxygen atoms in total. The quantitative estimate of drug-likeness (QED) is 0.145. The largest absolute Gasteiger partial charge is 0.346 e. The number of urea groups is 1. The lowest BCUT2D eigenvalue weighted by atomic mass is 9.78. The van der Waals surface area contributed by atoms with Crippen molar-refractivity contribution in [2.45, 2.75) is 141 Å². The van der Waals surface area contributed by atoms with E-state index in [0.29, 0.717) is 38.5 Å². The van der Waals surface area contributed by atoms with Gasteiger partial charge in [-0.1, -0.05) is 72.8 Å². The van der Waals surface area contributed by atoms with E-state index in [1.807, 2.05) is 34.6 Å². The molecule has 0 radical (unpaired) electrons. The first kappa shape index (κ1) is 39.2. The van der Waals surface area contributed by atoms with E-state index in [-0.39, 0.29) is 25.3 Å². The van der Waals surface area contributed by atoms with Crippen molar-refractivity contribution in [3.8, 4) is 0 Å². The van der Waals surface area contributed by atoms with Crippen molar-refractivity contribution >= 4 is 39.4 Å². The van der Waals surface area contributed by atoms with Crippen molar-refractivity contribution < 1.29 is 32.4 Å². The Bertz CT molecular complexity index is 1210. The first-order valence-corrected chi connectivity index (χ1v) is 18.6. The number of ketones is 1. The molecule has 2 rings (SSSR count). The maximum Gasteiger partial charge on any atom is 0.315 e. The molecule has 0 spiro atoms. The zero-order valence-corrected chi connectivity index (χ0v) is 29.5. The normalized spacial score (nSPS) is 20.8. The van der Waals surface area contributed by atoms with E-state index >= 15 is 0 Å². The van der Waals surface area contributed by atoms with Crippen molar-refractivity contribution in [3.05, 3.63) is 12.7 Å². The predicted molar refractivity (Wildman–Crippen MR) is 179 cm³/mol. The van der Waals surface area contributed by atoms with Crippen molar-refractivity contribution in [1.82, 2.24) is 26.2 Å². The topological polar surface area (TPSA) is 171 Å². The highest BCUT2D eigenvalue weighted by atomic mass is 32.2. The molecule has 5 amide bonds. The Morgan fingerprint density at radius 1 is 1.00 bits per heavy atom. The highest BCUT2D eigenvalue weighted by Crippen LogP contribution is 2.39. The molecule has 13 heteroatoms. The van der Waals surface area contributed by atoms with E-state index < -0.39 is 73.7 Å². The molecule has 0 aromatic heterocycles. The summed E-state index contributed by atoms with van der Waals surface area (Å²) >= 11 is 0. The van der Waals surface area contributed by atoms with Gasteiger partial charge in [0.05, 0.1) is 22.6 Å². The maximum absolute atomic E-state index is 14.2. The summed E-state index contributed by atoms with van der Waals surface area (Å²) in [5, 5.41) is 10.4. The van der Waals surface area contributed by atoms with Crippen LogP contribution in [-0.4, -0.2) is 90.6 Å². The maximum atomic E-state index is 14.2. The average molecular weight is 668 g/mol. The molecule has 2 fully saturated rings. The summed E-state index contributed by atoms with van der Waals surface area (Å²) in [6.07, 6.45) is 8.36. The number of nitrogens with one attached hydrogen (secondary N) is 4. The standard InChI is InChI=1S/C33H57N5O7S/c1-8-11-16-24(26(39)29(41)34-20-9-2)35-28(40)23(4)38(21-10-3)30(42)27(32(5,6)7)36-31(43)37-33(18-13-12-14-19-33)25-17-15-22-46(25,44)45/h9,23-25,27H,2,8,10-22H2,1,3-7H3,(H,34,41)(H,35,40)(H2,36,37,43)/t23-,24-,25-,27+/m0/s1. The predicted octanol–water partition coefficient (Wildman–Crippen LogP) is 3.15. The minimum absolute atomic E-state index is 0.112. The Morgan fingerprint density at radius 3 is 2.17 bits per heavy atom. The second kappa shape index (κ2) is 17.3. The van der Waals surface area contributed by atoms with Gasteiger partial charge < -0.3 is 26.2 Å². The van der Waals surface area contributed by atoms with E-state index in [1.54, 1.807) is 6.92 Å². The summed E-state index contributed by atoms with van der Waals surface area (Å²) < 4.78 is 26.0. The summed E-state index contributed by atoms with van der Waals surface area (Å²) in [5.74, 6) is -2.53. The van der Waals surface area contributed by atoms with Gasteiger partial charge in [0.15, 0.2) is 9.84 Å². The molecular weight excluding hydrogens is 610 g/mol. The number of rotatable bonds is 16. The van der Waals surface area contributed by atoms with Gasteiger partial charge >= 0.3 is 6.03 Å². The summed E-state index contributed by atoms with van der Waals surface area (Å²) in [6, 6.07) is -3.72. The third-order valence-corrected chi connectivity index (χ3v) is 11.6. The first-order valence-electron chi connectivity index (χ1n) is 16.9. The lowest BCUT2D eigenvalue weighted by Crippen LogP contribution is -2.65. The second-order valence-corrected chi connectivity index (χ2v) is 16.2. The molecule has 0 aromatic carbocycles. The monoisotopic (exact) mass is 667 g/mol. The number of sulfone groups is 1. The van der Waals surface area contributed by atoms with Crippen LogP contribution in [-0.2, 0) is 29.0 Å². The van der Waals surface area contributed by atoms with Gasteiger partial charge in [0.25, 0.3) is 5.91 Å². The van der Waals surface area contributed by atoms with Crippen LogP contribution in [0.15, 0.2) is 12.7 Å². The summed E-state index contributed by atoms with van der Waals surface area (Å²) in [4.78, 5) is 68.0. The average Bonchev–Trinajstić information content (AvgIpc) is 3.37. The molecular formula is C33H57N5O7S. The van der Waals surface area contributed by atoms with Crippen LogP contribution in [0, 0.1) is 5.41 Å². The SMILES string of the molecule is C=CCNC(=O)C(=O)[C@H](CCCC)NC(=O)[C@H](C)N(CCC)C(=O)[C@@H](NC(=O)NC1([C@@H]2CCCS2(=O)=O)CCCCC1)C(C)(C)C. The zero-order chi connectivity index (χ0) is 34.7. The Labute approximate surface area is 275 Å². The molecule has 46 heavy (non-hydrogen) atoms. The Balaban J connectivity index is 2.29. The first-order chi connectivity index (χ1) is 21.5. The van der Waals surface area contributed by atoms with E-state index in [9.17, 15) is 32.4 Å². The van der Waals surface area contributed by atoms with Crippen LogP contribution in [0.25, 0.3) is 0 Å². The van der Waals surface area contributed by atoms with Crippen LogP contribution >= 0.6 is 0 Å². The fraction of sp³-hybridized carbons (Fsp3) is 0.788. The van der Waals surface area contributed by atoms with E-state index in [1.165, 1.54) is 11.0 Å². The number of hydrogen-bond donors (Lipinski definition) is 4. The van der Waals surface area contributed by atoms with Crippen LogP contribution in [0.4, 0.5) is 4.79 Å². The molecule has 4 atom stereocenters. The fourth-order valence-electron chi connectivity index (χ4n) is 6.59. The van der Waals surface area contributed by atoms with E-state index in [4.69, 9.17) is 0 Å². The number of Topliss-reactive ketones (excluding diaryl/α,β-unsaturated/α-hetero) is 1. The summed E-state index contributed by atoms with van der Waals surface area (Å²) in [5.41, 5.74) is -1.66. The summed E-state index contributed by atoms with van der Waals surface area (Å²) in [7, 11) is -3.35. The van der Waals surface area contributed by atoms with Gasteiger partial charge in [-0.05, 0) is 50.9 Å².